The fourth-order valence-corrected chi connectivity index (χ4v) is 2.10. The van der Waals surface area contributed by atoms with Crippen LogP contribution in [0.15, 0.2) is 24.3 Å². The molecule has 0 unspecified atom stereocenters. The van der Waals surface area contributed by atoms with E-state index in [0.29, 0.717) is 6.54 Å². The van der Waals surface area contributed by atoms with Crippen LogP contribution in [0.4, 0.5) is 5.69 Å². The fourth-order valence-electron chi connectivity index (χ4n) is 2.10. The van der Waals surface area contributed by atoms with Crippen molar-refractivity contribution in [2.75, 3.05) is 18.0 Å². The normalized spacial score (nSPS) is 19.5. The molecule has 0 saturated carbocycles. The number of nitrogens with zero attached hydrogens (tertiary/aromatic N) is 1. The monoisotopic (exact) mass is 232 g/mol. The highest BCUT2D eigenvalue weighted by Crippen LogP contribution is 2.21. The Kier molecular flexibility index (Phi) is 3.20. The van der Waals surface area contributed by atoms with Gasteiger partial charge in [-0.3, -0.25) is 4.79 Å². The largest absolute Gasteiger partial charge is 0.309 e. The molecule has 1 heterocycles. The Morgan fingerprint density at radius 3 is 2.53 bits per heavy atom. The second-order valence-corrected chi connectivity index (χ2v) is 5.24. The van der Waals surface area contributed by atoms with Gasteiger partial charge in [0.1, 0.15) is 0 Å². The van der Waals surface area contributed by atoms with Crippen molar-refractivity contribution in [3.05, 3.63) is 29.8 Å². The number of anilines is 1. The topological polar surface area (TPSA) is 32.3 Å². The van der Waals surface area contributed by atoms with Crippen LogP contribution in [-0.4, -0.2) is 24.5 Å². The van der Waals surface area contributed by atoms with E-state index < -0.39 is 0 Å². The number of nitrogens with one attached hydrogen (secondary N) is 1. The average molecular weight is 232 g/mol. The molecule has 1 fully saturated rings. The Morgan fingerprint density at radius 1 is 1.29 bits per heavy atom. The van der Waals surface area contributed by atoms with E-state index in [1.807, 2.05) is 17.0 Å². The SMILES string of the molecule is CCc1ccc(N2CC(C)(C)NCC2=O)cc1. The first-order valence-electron chi connectivity index (χ1n) is 6.16. The Bertz CT molecular complexity index is 409. The van der Waals surface area contributed by atoms with Crippen LogP contribution in [-0.2, 0) is 11.2 Å². The predicted molar refractivity (Wildman–Crippen MR) is 70.3 cm³/mol. The van der Waals surface area contributed by atoms with Crippen LogP contribution >= 0.6 is 0 Å². The Balaban J connectivity index is 2.21. The van der Waals surface area contributed by atoms with Crippen LogP contribution in [0.25, 0.3) is 0 Å². The molecule has 1 saturated heterocycles. The third-order valence-electron chi connectivity index (χ3n) is 3.23. The van der Waals surface area contributed by atoms with Crippen molar-refractivity contribution in [1.29, 1.82) is 0 Å². The first-order chi connectivity index (χ1) is 8.02. The number of aryl methyl sites for hydroxylation is 1. The van der Waals surface area contributed by atoms with Crippen LogP contribution in [0.1, 0.15) is 26.3 Å². The molecular formula is C14H20N2O. The van der Waals surface area contributed by atoms with Gasteiger partial charge in [0.25, 0.3) is 0 Å². The summed E-state index contributed by atoms with van der Waals surface area (Å²) in [7, 11) is 0. The van der Waals surface area contributed by atoms with E-state index >= 15 is 0 Å². The lowest BCUT2D eigenvalue weighted by molar-refractivity contribution is -0.119. The molecule has 0 bridgehead atoms. The molecule has 92 valence electrons. The predicted octanol–water partition coefficient (Wildman–Crippen LogP) is 1.96. The van der Waals surface area contributed by atoms with Crippen molar-refractivity contribution in [1.82, 2.24) is 5.32 Å². The highest BCUT2D eigenvalue weighted by atomic mass is 16.2. The van der Waals surface area contributed by atoms with Crippen LogP contribution in [0.2, 0.25) is 0 Å². The molecule has 1 aromatic carbocycles. The van der Waals surface area contributed by atoms with E-state index in [-0.39, 0.29) is 11.4 Å². The molecule has 0 spiro atoms. The first kappa shape index (κ1) is 12.1. The lowest BCUT2D eigenvalue weighted by Gasteiger charge is -2.38. The number of benzene rings is 1. The fraction of sp³-hybridized carbons (Fsp3) is 0.500. The van der Waals surface area contributed by atoms with Crippen molar-refractivity contribution in [2.24, 2.45) is 0 Å². The molecule has 0 atom stereocenters. The van der Waals surface area contributed by atoms with Gasteiger partial charge >= 0.3 is 0 Å². The maximum absolute atomic E-state index is 11.9. The van der Waals surface area contributed by atoms with Gasteiger partial charge in [0.05, 0.1) is 6.54 Å². The summed E-state index contributed by atoms with van der Waals surface area (Å²) in [5.74, 6) is 0.147. The molecule has 2 rings (SSSR count). The van der Waals surface area contributed by atoms with Crippen LogP contribution in [0.5, 0.6) is 0 Å². The van der Waals surface area contributed by atoms with E-state index in [1.165, 1.54) is 5.56 Å². The molecule has 1 aliphatic rings. The third kappa shape index (κ3) is 2.67. The highest BCUT2D eigenvalue weighted by molar-refractivity contribution is 5.95. The van der Waals surface area contributed by atoms with E-state index in [4.69, 9.17) is 0 Å². The van der Waals surface area contributed by atoms with E-state index in [0.717, 1.165) is 18.7 Å². The second kappa shape index (κ2) is 4.49. The zero-order valence-corrected chi connectivity index (χ0v) is 10.8. The van der Waals surface area contributed by atoms with Gasteiger partial charge in [-0.25, -0.2) is 0 Å². The van der Waals surface area contributed by atoms with Gasteiger partial charge in [-0.1, -0.05) is 19.1 Å². The van der Waals surface area contributed by atoms with Crippen molar-refractivity contribution in [2.45, 2.75) is 32.7 Å². The molecule has 1 aromatic rings. The molecule has 1 N–H and O–H groups in total. The lowest BCUT2D eigenvalue weighted by Crippen LogP contribution is -2.59. The number of amides is 1. The van der Waals surface area contributed by atoms with E-state index in [2.05, 4.69) is 38.2 Å². The average Bonchev–Trinajstić information content (AvgIpc) is 2.33. The Morgan fingerprint density at radius 2 is 1.94 bits per heavy atom. The third-order valence-corrected chi connectivity index (χ3v) is 3.23. The summed E-state index contributed by atoms with van der Waals surface area (Å²) < 4.78 is 0. The first-order valence-corrected chi connectivity index (χ1v) is 6.16. The van der Waals surface area contributed by atoms with Gasteiger partial charge in [-0.05, 0) is 38.0 Å². The smallest absolute Gasteiger partial charge is 0.241 e. The maximum atomic E-state index is 11.9. The molecule has 17 heavy (non-hydrogen) atoms. The molecule has 0 aromatic heterocycles. The van der Waals surface area contributed by atoms with Gasteiger partial charge in [0.2, 0.25) is 5.91 Å². The number of carbonyl (C=O) groups is 1. The van der Waals surface area contributed by atoms with Crippen molar-refractivity contribution in [3.8, 4) is 0 Å². The molecular weight excluding hydrogens is 212 g/mol. The number of hydrogen-bond donors (Lipinski definition) is 1. The minimum Gasteiger partial charge on any atom is -0.309 e. The number of piperazine rings is 1. The van der Waals surface area contributed by atoms with Crippen molar-refractivity contribution < 1.29 is 4.79 Å². The van der Waals surface area contributed by atoms with Crippen LogP contribution in [0, 0.1) is 0 Å². The van der Waals surface area contributed by atoms with Gasteiger partial charge in [0, 0.05) is 17.8 Å². The summed E-state index contributed by atoms with van der Waals surface area (Å²) in [4.78, 5) is 13.8. The molecule has 3 nitrogen and oxygen atoms in total. The Hall–Kier alpha value is -1.35. The minimum atomic E-state index is -0.0165. The standard InChI is InChI=1S/C14H20N2O/c1-4-11-5-7-12(8-6-11)16-10-14(2,3)15-9-13(16)17/h5-8,15H,4,9-10H2,1-3H3. The van der Waals surface area contributed by atoms with E-state index in [1.54, 1.807) is 0 Å². The summed E-state index contributed by atoms with van der Waals surface area (Å²) in [6, 6.07) is 8.27. The summed E-state index contributed by atoms with van der Waals surface area (Å²) in [5, 5.41) is 3.24. The Labute approximate surface area is 103 Å². The lowest BCUT2D eigenvalue weighted by atomic mass is 10.0. The summed E-state index contributed by atoms with van der Waals surface area (Å²) in [6.45, 7) is 7.51. The molecule has 0 radical (unpaired) electrons. The van der Waals surface area contributed by atoms with Gasteiger partial charge in [0.15, 0.2) is 0 Å². The molecule has 0 aliphatic carbocycles. The molecule has 1 aliphatic heterocycles. The van der Waals surface area contributed by atoms with Crippen molar-refractivity contribution >= 4 is 11.6 Å². The minimum absolute atomic E-state index is 0.0165. The zero-order chi connectivity index (χ0) is 12.5. The number of rotatable bonds is 2. The van der Waals surface area contributed by atoms with Crippen LogP contribution < -0.4 is 10.2 Å². The second-order valence-electron chi connectivity index (χ2n) is 5.24. The van der Waals surface area contributed by atoms with E-state index in [9.17, 15) is 4.79 Å². The number of hydrogen-bond acceptors (Lipinski definition) is 2. The zero-order valence-electron chi connectivity index (χ0n) is 10.8. The molecule has 3 heteroatoms. The molecule has 1 amide bonds. The van der Waals surface area contributed by atoms with Gasteiger partial charge in [-0.15, -0.1) is 0 Å². The summed E-state index contributed by atoms with van der Waals surface area (Å²) in [6.07, 6.45) is 1.03. The van der Waals surface area contributed by atoms with Gasteiger partial charge < -0.3 is 10.2 Å². The maximum Gasteiger partial charge on any atom is 0.241 e. The van der Waals surface area contributed by atoms with Crippen molar-refractivity contribution in [3.63, 3.8) is 0 Å². The number of carbonyl (C=O) groups excluding carboxylic acids is 1. The van der Waals surface area contributed by atoms with Crippen LogP contribution in [0.3, 0.4) is 0 Å². The summed E-state index contributed by atoms with van der Waals surface area (Å²) in [5.41, 5.74) is 2.29. The summed E-state index contributed by atoms with van der Waals surface area (Å²) >= 11 is 0. The van der Waals surface area contributed by atoms with Gasteiger partial charge in [-0.2, -0.15) is 0 Å². The quantitative estimate of drug-likeness (QED) is 0.845. The highest BCUT2D eigenvalue weighted by Gasteiger charge is 2.31.